The molecular weight excluding hydrogens is 350 g/mol. The topological polar surface area (TPSA) is 122 Å². The van der Waals surface area contributed by atoms with Crippen molar-refractivity contribution in [1.29, 1.82) is 0 Å². The zero-order chi connectivity index (χ0) is 20.0. The van der Waals surface area contributed by atoms with Gasteiger partial charge in [0.2, 0.25) is 5.91 Å². The Balaban J connectivity index is 2.16. The van der Waals surface area contributed by atoms with Gasteiger partial charge in [0.05, 0.1) is 13.7 Å². The summed E-state index contributed by atoms with van der Waals surface area (Å²) in [5.41, 5.74) is 5.57. The SMILES string of the molecule is CCCCn1c(N)c(N(C)CC(=O)Nc2ccc(OC)cc2)c(=O)[nH]c1=O. The van der Waals surface area contributed by atoms with E-state index in [0.717, 1.165) is 12.8 Å². The van der Waals surface area contributed by atoms with E-state index >= 15 is 0 Å². The van der Waals surface area contributed by atoms with Crippen molar-refractivity contribution in [2.45, 2.75) is 26.3 Å². The number of carbonyl (C=O) groups is 1. The molecule has 0 spiro atoms. The molecule has 0 bridgehead atoms. The summed E-state index contributed by atoms with van der Waals surface area (Å²) in [7, 11) is 3.13. The van der Waals surface area contributed by atoms with Crippen LogP contribution in [0.2, 0.25) is 0 Å². The third-order valence-electron chi connectivity index (χ3n) is 4.09. The maximum absolute atomic E-state index is 12.3. The first-order valence-corrected chi connectivity index (χ1v) is 8.65. The highest BCUT2D eigenvalue weighted by atomic mass is 16.5. The van der Waals surface area contributed by atoms with Crippen LogP contribution >= 0.6 is 0 Å². The molecule has 146 valence electrons. The van der Waals surface area contributed by atoms with Crippen LogP contribution in [-0.2, 0) is 11.3 Å². The van der Waals surface area contributed by atoms with Gasteiger partial charge in [-0.1, -0.05) is 13.3 Å². The molecule has 4 N–H and O–H groups in total. The van der Waals surface area contributed by atoms with Crippen LogP contribution in [0.3, 0.4) is 0 Å². The van der Waals surface area contributed by atoms with Crippen molar-refractivity contribution in [3.63, 3.8) is 0 Å². The number of methoxy groups -OCH3 is 1. The number of nitrogens with zero attached hydrogens (tertiary/aromatic N) is 2. The van der Waals surface area contributed by atoms with Crippen LogP contribution in [0.15, 0.2) is 33.9 Å². The first kappa shape index (κ1) is 20.1. The Kier molecular flexibility index (Phi) is 6.64. The lowest BCUT2D eigenvalue weighted by atomic mass is 10.3. The van der Waals surface area contributed by atoms with E-state index < -0.39 is 11.2 Å². The summed E-state index contributed by atoms with van der Waals surface area (Å²) < 4.78 is 6.39. The lowest BCUT2D eigenvalue weighted by Crippen LogP contribution is -2.39. The second kappa shape index (κ2) is 8.93. The highest BCUT2D eigenvalue weighted by Gasteiger charge is 2.18. The Morgan fingerprint density at radius 2 is 1.96 bits per heavy atom. The van der Waals surface area contributed by atoms with Gasteiger partial charge in [-0.05, 0) is 30.7 Å². The summed E-state index contributed by atoms with van der Waals surface area (Å²) >= 11 is 0. The maximum atomic E-state index is 12.3. The highest BCUT2D eigenvalue weighted by Crippen LogP contribution is 2.17. The number of carbonyl (C=O) groups excluding carboxylic acids is 1. The monoisotopic (exact) mass is 375 g/mol. The molecule has 0 fully saturated rings. The van der Waals surface area contributed by atoms with Crippen LogP contribution < -0.4 is 31.9 Å². The zero-order valence-electron chi connectivity index (χ0n) is 15.7. The molecule has 1 heterocycles. The molecule has 2 aromatic rings. The number of nitrogens with two attached hydrogens (primary N) is 1. The Hall–Kier alpha value is -3.23. The van der Waals surface area contributed by atoms with Gasteiger partial charge in [-0.25, -0.2) is 4.79 Å². The molecule has 1 aromatic carbocycles. The molecule has 0 aliphatic heterocycles. The van der Waals surface area contributed by atoms with E-state index in [1.54, 1.807) is 38.4 Å². The lowest BCUT2D eigenvalue weighted by Gasteiger charge is -2.21. The van der Waals surface area contributed by atoms with Crippen molar-refractivity contribution in [2.75, 3.05) is 36.7 Å². The van der Waals surface area contributed by atoms with E-state index in [0.29, 0.717) is 18.0 Å². The molecule has 0 saturated carbocycles. The molecular formula is C18H25N5O4. The van der Waals surface area contributed by atoms with Crippen LogP contribution in [0.5, 0.6) is 5.75 Å². The molecule has 0 unspecified atom stereocenters. The summed E-state index contributed by atoms with van der Waals surface area (Å²) in [5, 5.41) is 2.74. The number of anilines is 3. The number of hydrogen-bond acceptors (Lipinski definition) is 6. The standard InChI is InChI=1S/C18H25N5O4/c1-4-5-10-23-16(19)15(17(25)21-18(23)26)22(2)11-14(24)20-12-6-8-13(27-3)9-7-12/h6-9H,4-5,10-11,19H2,1-3H3,(H,20,24)(H,21,25,26). The van der Waals surface area contributed by atoms with E-state index in [1.807, 2.05) is 6.92 Å². The number of amides is 1. The lowest BCUT2D eigenvalue weighted by molar-refractivity contribution is -0.114. The molecule has 0 aliphatic rings. The quantitative estimate of drug-likeness (QED) is 0.633. The molecule has 2 rings (SSSR count). The van der Waals surface area contributed by atoms with E-state index in [9.17, 15) is 14.4 Å². The Labute approximate surface area is 156 Å². The van der Waals surface area contributed by atoms with Crippen molar-refractivity contribution >= 4 is 23.1 Å². The smallest absolute Gasteiger partial charge is 0.330 e. The summed E-state index contributed by atoms with van der Waals surface area (Å²) in [4.78, 5) is 40.2. The number of aromatic amines is 1. The van der Waals surface area contributed by atoms with Gasteiger partial charge < -0.3 is 20.7 Å². The van der Waals surface area contributed by atoms with Gasteiger partial charge >= 0.3 is 5.69 Å². The minimum absolute atomic E-state index is 0.0527. The number of hydrogen-bond donors (Lipinski definition) is 3. The normalized spacial score (nSPS) is 10.5. The van der Waals surface area contributed by atoms with Gasteiger partial charge in [-0.2, -0.15) is 0 Å². The van der Waals surface area contributed by atoms with Gasteiger partial charge in [0.25, 0.3) is 5.56 Å². The van der Waals surface area contributed by atoms with Crippen LogP contribution in [0.1, 0.15) is 19.8 Å². The minimum atomic E-state index is -0.620. The van der Waals surface area contributed by atoms with Crippen molar-refractivity contribution in [3.8, 4) is 5.75 Å². The van der Waals surface area contributed by atoms with Crippen molar-refractivity contribution in [1.82, 2.24) is 9.55 Å². The number of benzene rings is 1. The fourth-order valence-corrected chi connectivity index (χ4v) is 2.65. The second-order valence-electron chi connectivity index (χ2n) is 6.13. The molecule has 1 amide bonds. The van der Waals surface area contributed by atoms with E-state index in [4.69, 9.17) is 10.5 Å². The first-order valence-electron chi connectivity index (χ1n) is 8.65. The molecule has 9 heteroatoms. The third kappa shape index (κ3) is 4.90. The Morgan fingerprint density at radius 3 is 2.56 bits per heavy atom. The molecule has 0 saturated heterocycles. The zero-order valence-corrected chi connectivity index (χ0v) is 15.7. The predicted molar refractivity (Wildman–Crippen MR) is 106 cm³/mol. The van der Waals surface area contributed by atoms with Gasteiger partial charge in [-0.15, -0.1) is 0 Å². The predicted octanol–water partition coefficient (Wildman–Crippen LogP) is 1.00. The summed E-state index contributed by atoms with van der Waals surface area (Å²) in [5.74, 6) is 0.406. The largest absolute Gasteiger partial charge is 0.497 e. The molecule has 0 radical (unpaired) electrons. The van der Waals surface area contributed by atoms with Crippen LogP contribution in [0, 0.1) is 0 Å². The van der Waals surface area contributed by atoms with Crippen molar-refractivity contribution < 1.29 is 9.53 Å². The molecule has 0 aliphatic carbocycles. The number of nitrogen functional groups attached to an aromatic ring is 1. The number of rotatable bonds is 8. The Morgan fingerprint density at radius 1 is 1.30 bits per heavy atom. The maximum Gasteiger partial charge on any atom is 0.330 e. The fourth-order valence-electron chi connectivity index (χ4n) is 2.65. The third-order valence-corrected chi connectivity index (χ3v) is 4.09. The van der Waals surface area contributed by atoms with Gasteiger partial charge in [0.15, 0.2) is 0 Å². The van der Waals surface area contributed by atoms with Crippen molar-refractivity contribution in [2.24, 2.45) is 0 Å². The summed E-state index contributed by atoms with van der Waals surface area (Å²) in [6.07, 6.45) is 1.62. The number of nitrogens with one attached hydrogen (secondary N) is 2. The molecule has 27 heavy (non-hydrogen) atoms. The van der Waals surface area contributed by atoms with E-state index in [-0.39, 0.29) is 24.0 Å². The number of H-pyrrole nitrogens is 1. The van der Waals surface area contributed by atoms with Gasteiger partial charge in [0, 0.05) is 19.3 Å². The van der Waals surface area contributed by atoms with Crippen LogP contribution in [0.4, 0.5) is 17.2 Å². The molecule has 9 nitrogen and oxygen atoms in total. The number of unbranched alkanes of at least 4 members (excludes halogenated alkanes) is 1. The average Bonchev–Trinajstić information content (AvgIpc) is 2.61. The van der Waals surface area contributed by atoms with Crippen molar-refractivity contribution in [3.05, 3.63) is 45.1 Å². The Bertz CT molecular complexity index is 901. The average molecular weight is 375 g/mol. The number of ether oxygens (including phenoxy) is 1. The second-order valence-corrected chi connectivity index (χ2v) is 6.13. The van der Waals surface area contributed by atoms with Crippen LogP contribution in [-0.4, -0.2) is 36.2 Å². The van der Waals surface area contributed by atoms with Gasteiger partial charge in [-0.3, -0.25) is 19.1 Å². The summed E-state index contributed by atoms with van der Waals surface area (Å²) in [6.45, 7) is 2.28. The van der Waals surface area contributed by atoms with Crippen LogP contribution in [0.25, 0.3) is 0 Å². The highest BCUT2D eigenvalue weighted by molar-refractivity contribution is 5.94. The first-order chi connectivity index (χ1) is 12.9. The molecule has 0 atom stereocenters. The number of likely N-dealkylation sites (N-methyl/N-ethyl adjacent to an activating group) is 1. The van der Waals surface area contributed by atoms with E-state index in [1.165, 1.54) is 9.47 Å². The summed E-state index contributed by atoms with van der Waals surface area (Å²) in [6, 6.07) is 6.88. The fraction of sp³-hybridized carbons (Fsp3) is 0.389. The van der Waals surface area contributed by atoms with E-state index in [2.05, 4.69) is 10.3 Å². The minimum Gasteiger partial charge on any atom is -0.497 e. The van der Waals surface area contributed by atoms with Gasteiger partial charge in [0.1, 0.15) is 17.3 Å². The molecule has 1 aromatic heterocycles. The number of aromatic nitrogens is 2.